The Kier molecular flexibility index (Phi) is 8.31. The van der Waals surface area contributed by atoms with Gasteiger partial charge in [-0.3, -0.25) is 9.69 Å². The summed E-state index contributed by atoms with van der Waals surface area (Å²) >= 11 is 0. The molecule has 1 saturated heterocycles. The number of carbonyl (C=O) groups excluding carboxylic acids is 1. The van der Waals surface area contributed by atoms with Crippen molar-refractivity contribution in [1.82, 2.24) is 4.90 Å². The summed E-state index contributed by atoms with van der Waals surface area (Å²) in [5, 5.41) is 12.2. The first kappa shape index (κ1) is 25.1. The summed E-state index contributed by atoms with van der Waals surface area (Å²) in [4.78, 5) is 13.7. The molecule has 0 saturated carbocycles. The molecule has 35 heavy (non-hydrogen) atoms. The summed E-state index contributed by atoms with van der Waals surface area (Å²) in [6.07, 6.45) is 0.0256. The third-order valence-corrected chi connectivity index (χ3v) is 6.55. The summed E-state index contributed by atoms with van der Waals surface area (Å²) in [7, 11) is 2.12. The highest BCUT2D eigenvalue weighted by Crippen LogP contribution is 2.38. The van der Waals surface area contributed by atoms with E-state index in [-0.39, 0.29) is 30.8 Å². The number of likely N-dealkylation sites (N-methyl/N-ethyl adjacent to an activating group) is 1. The monoisotopic (exact) mass is 474 g/mol. The Bertz CT molecular complexity index is 1090. The van der Waals surface area contributed by atoms with Gasteiger partial charge in [-0.2, -0.15) is 0 Å². The van der Waals surface area contributed by atoms with Crippen LogP contribution in [0.2, 0.25) is 0 Å². The molecule has 3 aromatic rings. The minimum absolute atomic E-state index is 0.0168. The third-order valence-electron chi connectivity index (χ3n) is 6.55. The zero-order valence-corrected chi connectivity index (χ0v) is 20.6. The SMILES string of the molecule is CC(=O)Nc1ccc([C@H]2O[C@@H](CN(C)[C@@H](C)c3ccccc3)C[C@@H](c3ccc(CO)cc3)O2)cc1. The summed E-state index contributed by atoms with van der Waals surface area (Å²) < 4.78 is 12.9. The zero-order chi connectivity index (χ0) is 24.8. The van der Waals surface area contributed by atoms with E-state index in [0.29, 0.717) is 0 Å². The van der Waals surface area contributed by atoms with Gasteiger partial charge < -0.3 is 19.9 Å². The van der Waals surface area contributed by atoms with E-state index in [1.807, 2.05) is 54.6 Å². The lowest BCUT2D eigenvalue weighted by molar-refractivity contribution is -0.253. The molecule has 1 heterocycles. The minimum atomic E-state index is -0.525. The lowest BCUT2D eigenvalue weighted by Crippen LogP contribution is -2.38. The van der Waals surface area contributed by atoms with E-state index < -0.39 is 6.29 Å². The maximum Gasteiger partial charge on any atom is 0.221 e. The normalized spacial score (nSPS) is 21.0. The number of anilines is 1. The van der Waals surface area contributed by atoms with Crippen molar-refractivity contribution in [2.75, 3.05) is 18.9 Å². The molecule has 4 atom stereocenters. The van der Waals surface area contributed by atoms with Crippen LogP contribution in [-0.2, 0) is 20.9 Å². The molecule has 0 aliphatic carbocycles. The van der Waals surface area contributed by atoms with Gasteiger partial charge in [0.2, 0.25) is 5.91 Å². The second-order valence-electron chi connectivity index (χ2n) is 9.18. The first-order valence-corrected chi connectivity index (χ1v) is 12.1. The number of hydrogen-bond acceptors (Lipinski definition) is 5. The lowest BCUT2D eigenvalue weighted by atomic mass is 9.99. The van der Waals surface area contributed by atoms with Gasteiger partial charge in [0.15, 0.2) is 6.29 Å². The van der Waals surface area contributed by atoms with E-state index in [1.54, 1.807) is 0 Å². The third kappa shape index (κ3) is 6.55. The Balaban J connectivity index is 1.53. The number of nitrogens with one attached hydrogen (secondary N) is 1. The molecule has 6 nitrogen and oxygen atoms in total. The molecule has 0 unspecified atom stereocenters. The van der Waals surface area contributed by atoms with Gasteiger partial charge in [0.05, 0.1) is 18.8 Å². The molecule has 0 spiro atoms. The van der Waals surface area contributed by atoms with Gasteiger partial charge in [-0.25, -0.2) is 0 Å². The Morgan fingerprint density at radius 1 is 1.00 bits per heavy atom. The molecule has 0 radical (unpaired) electrons. The molecule has 3 aromatic carbocycles. The fourth-order valence-electron chi connectivity index (χ4n) is 4.43. The highest BCUT2D eigenvalue weighted by molar-refractivity contribution is 5.88. The zero-order valence-electron chi connectivity index (χ0n) is 20.6. The summed E-state index contributed by atoms with van der Waals surface area (Å²) in [5.41, 5.74) is 4.84. The summed E-state index contributed by atoms with van der Waals surface area (Å²) in [6, 6.07) is 26.2. The molecular formula is C29H34N2O4. The maximum absolute atomic E-state index is 11.4. The number of aliphatic hydroxyl groups is 1. The van der Waals surface area contributed by atoms with Crippen LogP contribution in [0.4, 0.5) is 5.69 Å². The van der Waals surface area contributed by atoms with Crippen molar-refractivity contribution in [2.45, 2.75) is 51.4 Å². The van der Waals surface area contributed by atoms with Crippen LogP contribution in [0.25, 0.3) is 0 Å². The van der Waals surface area contributed by atoms with Gasteiger partial charge in [-0.1, -0.05) is 66.7 Å². The molecule has 1 amide bonds. The average molecular weight is 475 g/mol. The summed E-state index contributed by atoms with van der Waals surface area (Å²) in [6.45, 7) is 4.47. The second-order valence-corrected chi connectivity index (χ2v) is 9.18. The molecule has 1 aliphatic heterocycles. The van der Waals surface area contributed by atoms with Gasteiger partial charge in [-0.15, -0.1) is 0 Å². The van der Waals surface area contributed by atoms with Gasteiger partial charge in [0, 0.05) is 37.2 Å². The molecule has 0 aromatic heterocycles. The number of aliphatic hydroxyl groups excluding tert-OH is 1. The molecular weight excluding hydrogens is 440 g/mol. The fraction of sp³-hybridized carbons (Fsp3) is 0.345. The lowest BCUT2D eigenvalue weighted by Gasteiger charge is -2.39. The van der Waals surface area contributed by atoms with Crippen LogP contribution >= 0.6 is 0 Å². The number of carbonyl (C=O) groups is 1. The van der Waals surface area contributed by atoms with Crippen LogP contribution in [0.5, 0.6) is 0 Å². The average Bonchev–Trinajstić information content (AvgIpc) is 2.88. The number of ether oxygens (including phenoxy) is 2. The predicted octanol–water partition coefficient (Wildman–Crippen LogP) is 5.38. The van der Waals surface area contributed by atoms with Crippen LogP contribution in [0.15, 0.2) is 78.9 Å². The highest BCUT2D eigenvalue weighted by Gasteiger charge is 2.33. The van der Waals surface area contributed by atoms with E-state index in [2.05, 4.69) is 48.5 Å². The van der Waals surface area contributed by atoms with Crippen molar-refractivity contribution < 1.29 is 19.4 Å². The standard InChI is InChI=1S/C29H34N2O4/c1-20(23-7-5-4-6-8-23)31(3)18-27-17-28(24-11-9-22(19-32)10-12-24)35-29(34-27)25-13-15-26(16-14-25)30-21(2)33/h4-16,20,27-29,32H,17-19H2,1-3H3,(H,30,33)/t20-,27+,28-,29-/m0/s1. The van der Waals surface area contributed by atoms with Crippen LogP contribution in [0.1, 0.15) is 61.0 Å². The minimum Gasteiger partial charge on any atom is -0.392 e. The van der Waals surface area contributed by atoms with Gasteiger partial charge in [-0.05, 0) is 42.8 Å². The smallest absolute Gasteiger partial charge is 0.221 e. The number of rotatable bonds is 8. The van der Waals surface area contributed by atoms with Crippen LogP contribution in [-0.4, -0.2) is 35.6 Å². The maximum atomic E-state index is 11.4. The molecule has 1 fully saturated rings. The summed E-state index contributed by atoms with van der Waals surface area (Å²) in [5.74, 6) is -0.107. The number of hydrogen-bond donors (Lipinski definition) is 2. The van der Waals surface area contributed by atoms with E-state index in [0.717, 1.165) is 35.3 Å². The Morgan fingerprint density at radius 3 is 2.29 bits per heavy atom. The van der Waals surface area contributed by atoms with Crippen molar-refractivity contribution in [3.05, 3.63) is 101 Å². The quantitative estimate of drug-likeness (QED) is 0.459. The second kappa shape index (κ2) is 11.6. The number of benzene rings is 3. The Morgan fingerprint density at radius 2 is 1.66 bits per heavy atom. The first-order valence-electron chi connectivity index (χ1n) is 12.1. The van der Waals surface area contributed by atoms with E-state index in [9.17, 15) is 9.90 Å². The van der Waals surface area contributed by atoms with Crippen molar-refractivity contribution >= 4 is 11.6 Å². The molecule has 2 N–H and O–H groups in total. The Hall–Kier alpha value is -3.03. The first-order chi connectivity index (χ1) is 16.9. The van der Waals surface area contributed by atoms with Gasteiger partial charge >= 0.3 is 0 Å². The fourth-order valence-corrected chi connectivity index (χ4v) is 4.43. The van der Waals surface area contributed by atoms with E-state index in [4.69, 9.17) is 9.47 Å². The van der Waals surface area contributed by atoms with Crippen molar-refractivity contribution in [3.63, 3.8) is 0 Å². The van der Waals surface area contributed by atoms with Crippen molar-refractivity contribution in [2.24, 2.45) is 0 Å². The van der Waals surface area contributed by atoms with Gasteiger partial charge in [0.25, 0.3) is 0 Å². The van der Waals surface area contributed by atoms with Crippen LogP contribution in [0.3, 0.4) is 0 Å². The predicted molar refractivity (Wildman–Crippen MR) is 137 cm³/mol. The number of amides is 1. The largest absolute Gasteiger partial charge is 0.392 e. The van der Waals surface area contributed by atoms with Gasteiger partial charge in [0.1, 0.15) is 0 Å². The highest BCUT2D eigenvalue weighted by atomic mass is 16.7. The van der Waals surface area contributed by atoms with E-state index in [1.165, 1.54) is 12.5 Å². The molecule has 4 rings (SSSR count). The molecule has 0 bridgehead atoms. The molecule has 6 heteroatoms. The van der Waals surface area contributed by atoms with E-state index >= 15 is 0 Å². The van der Waals surface area contributed by atoms with Crippen LogP contribution in [0, 0.1) is 0 Å². The molecule has 184 valence electrons. The van der Waals surface area contributed by atoms with Crippen molar-refractivity contribution in [1.29, 1.82) is 0 Å². The number of nitrogens with zero attached hydrogens (tertiary/aromatic N) is 1. The molecule has 1 aliphatic rings. The van der Waals surface area contributed by atoms with Crippen molar-refractivity contribution in [3.8, 4) is 0 Å². The topological polar surface area (TPSA) is 71.0 Å². The van der Waals surface area contributed by atoms with Crippen LogP contribution < -0.4 is 5.32 Å². The Labute approximate surface area is 207 Å².